The average Bonchev–Trinajstić information content (AvgIpc) is 3.16. The molecule has 2 N–H and O–H groups in total. The van der Waals surface area contributed by atoms with Gasteiger partial charge in [-0.25, -0.2) is 4.79 Å². The molecule has 1 aliphatic heterocycles. The van der Waals surface area contributed by atoms with Gasteiger partial charge >= 0.3 is 6.03 Å². The molecular formula is C18H21N3O4. The molecule has 0 aliphatic carbocycles. The van der Waals surface area contributed by atoms with E-state index in [9.17, 15) is 9.59 Å². The second kappa shape index (κ2) is 7.74. The number of carbonyl (C=O) groups excluding carboxylic acids is 2. The van der Waals surface area contributed by atoms with Crippen molar-refractivity contribution in [1.29, 1.82) is 0 Å². The van der Waals surface area contributed by atoms with Crippen LogP contribution >= 0.6 is 0 Å². The van der Waals surface area contributed by atoms with Gasteiger partial charge in [0.15, 0.2) is 0 Å². The third-order valence-corrected chi connectivity index (χ3v) is 4.21. The van der Waals surface area contributed by atoms with Crippen molar-refractivity contribution in [2.24, 2.45) is 0 Å². The Morgan fingerprint density at radius 1 is 1.24 bits per heavy atom. The van der Waals surface area contributed by atoms with Crippen molar-refractivity contribution in [3.63, 3.8) is 0 Å². The van der Waals surface area contributed by atoms with Gasteiger partial charge in [0.2, 0.25) is 0 Å². The van der Waals surface area contributed by atoms with Gasteiger partial charge in [-0.15, -0.1) is 0 Å². The molecular weight excluding hydrogens is 322 g/mol. The van der Waals surface area contributed by atoms with Crippen LogP contribution in [0.2, 0.25) is 0 Å². The van der Waals surface area contributed by atoms with Crippen molar-refractivity contribution in [3.8, 4) is 5.75 Å². The van der Waals surface area contributed by atoms with E-state index in [4.69, 9.17) is 9.15 Å². The molecule has 7 nitrogen and oxygen atoms in total. The number of rotatable bonds is 4. The van der Waals surface area contributed by atoms with Gasteiger partial charge in [-0.1, -0.05) is 6.07 Å². The first kappa shape index (κ1) is 16.9. The highest BCUT2D eigenvalue weighted by atomic mass is 16.5. The van der Waals surface area contributed by atoms with Gasteiger partial charge in [0.1, 0.15) is 12.0 Å². The Labute approximate surface area is 145 Å². The minimum Gasteiger partial charge on any atom is -0.497 e. The third kappa shape index (κ3) is 4.32. The second-order valence-electron chi connectivity index (χ2n) is 5.91. The SMILES string of the molecule is COc1cccc(NC(=O)NC2CCN(C(=O)c3ccoc3)CC2)c1. The predicted molar refractivity (Wildman–Crippen MR) is 92.8 cm³/mol. The monoisotopic (exact) mass is 343 g/mol. The van der Waals surface area contributed by atoms with Crippen LogP contribution < -0.4 is 15.4 Å². The molecule has 0 atom stereocenters. The number of ether oxygens (including phenoxy) is 1. The fourth-order valence-electron chi connectivity index (χ4n) is 2.85. The van der Waals surface area contributed by atoms with Crippen LogP contribution in [0.1, 0.15) is 23.2 Å². The van der Waals surface area contributed by atoms with Crippen molar-refractivity contribution in [2.45, 2.75) is 18.9 Å². The maximum atomic E-state index is 12.2. The third-order valence-electron chi connectivity index (χ3n) is 4.21. The van der Waals surface area contributed by atoms with E-state index in [1.54, 1.807) is 30.2 Å². The number of hydrogen-bond donors (Lipinski definition) is 2. The largest absolute Gasteiger partial charge is 0.497 e. The maximum absolute atomic E-state index is 12.2. The summed E-state index contributed by atoms with van der Waals surface area (Å²) in [6.45, 7) is 1.21. The summed E-state index contributed by atoms with van der Waals surface area (Å²) in [4.78, 5) is 26.2. The van der Waals surface area contributed by atoms with Crippen LogP contribution in [-0.2, 0) is 0 Å². The standard InChI is InChI=1S/C18H21N3O4/c1-24-16-4-2-3-15(11-16)20-18(23)19-14-5-8-21(9-6-14)17(22)13-7-10-25-12-13/h2-4,7,10-12,14H,5-6,8-9H2,1H3,(H2,19,20,23). The molecule has 0 radical (unpaired) electrons. The lowest BCUT2D eigenvalue weighted by atomic mass is 10.0. The van der Waals surface area contributed by atoms with E-state index in [-0.39, 0.29) is 18.0 Å². The Hall–Kier alpha value is -2.96. The number of amides is 3. The van der Waals surface area contributed by atoms with Crippen LogP contribution in [0.4, 0.5) is 10.5 Å². The molecule has 1 aromatic heterocycles. The lowest BCUT2D eigenvalue weighted by Gasteiger charge is -2.32. The zero-order valence-electron chi connectivity index (χ0n) is 14.0. The molecule has 25 heavy (non-hydrogen) atoms. The number of piperidine rings is 1. The molecule has 132 valence electrons. The summed E-state index contributed by atoms with van der Waals surface area (Å²) in [6, 6.07) is 8.63. The zero-order chi connectivity index (χ0) is 17.6. The first-order valence-corrected chi connectivity index (χ1v) is 8.19. The van der Waals surface area contributed by atoms with E-state index in [0.717, 1.165) is 12.8 Å². The summed E-state index contributed by atoms with van der Waals surface area (Å²) in [6.07, 6.45) is 4.38. The fraction of sp³-hybridized carbons (Fsp3) is 0.333. The summed E-state index contributed by atoms with van der Waals surface area (Å²) in [5.41, 5.74) is 1.23. The highest BCUT2D eigenvalue weighted by Gasteiger charge is 2.25. The topological polar surface area (TPSA) is 83.8 Å². The first-order chi connectivity index (χ1) is 12.2. The molecule has 2 heterocycles. The second-order valence-corrected chi connectivity index (χ2v) is 5.91. The molecule has 0 unspecified atom stereocenters. The van der Waals surface area contributed by atoms with Gasteiger partial charge in [-0.3, -0.25) is 4.79 Å². The molecule has 3 amide bonds. The highest BCUT2D eigenvalue weighted by Crippen LogP contribution is 2.17. The van der Waals surface area contributed by atoms with E-state index in [0.29, 0.717) is 30.1 Å². The van der Waals surface area contributed by atoms with Crippen molar-refractivity contribution >= 4 is 17.6 Å². The van der Waals surface area contributed by atoms with Crippen LogP contribution in [0.25, 0.3) is 0 Å². The summed E-state index contributed by atoms with van der Waals surface area (Å²) in [5, 5.41) is 5.75. The molecule has 0 saturated carbocycles. The van der Waals surface area contributed by atoms with E-state index in [1.807, 2.05) is 12.1 Å². The number of urea groups is 1. The number of benzene rings is 1. The lowest BCUT2D eigenvalue weighted by molar-refractivity contribution is 0.0708. The number of furan rings is 1. The smallest absolute Gasteiger partial charge is 0.319 e. The molecule has 1 saturated heterocycles. The summed E-state index contributed by atoms with van der Waals surface area (Å²) in [7, 11) is 1.58. The number of hydrogen-bond acceptors (Lipinski definition) is 4. The summed E-state index contributed by atoms with van der Waals surface area (Å²) in [5.74, 6) is 0.650. The number of anilines is 1. The molecule has 1 aliphatic rings. The van der Waals surface area contributed by atoms with Gasteiger partial charge in [0, 0.05) is 30.9 Å². The first-order valence-electron chi connectivity index (χ1n) is 8.19. The Morgan fingerprint density at radius 3 is 2.72 bits per heavy atom. The van der Waals surface area contributed by atoms with Gasteiger partial charge in [0.25, 0.3) is 5.91 Å². The Kier molecular flexibility index (Phi) is 5.23. The predicted octanol–water partition coefficient (Wildman–Crippen LogP) is 2.71. The van der Waals surface area contributed by atoms with Crippen molar-refractivity contribution < 1.29 is 18.7 Å². The number of nitrogens with zero attached hydrogens (tertiary/aromatic N) is 1. The maximum Gasteiger partial charge on any atom is 0.319 e. The van der Waals surface area contributed by atoms with E-state index in [2.05, 4.69) is 10.6 Å². The summed E-state index contributed by atoms with van der Waals surface area (Å²) < 4.78 is 10.1. The molecule has 1 aromatic carbocycles. The van der Waals surface area contributed by atoms with Crippen molar-refractivity contribution in [1.82, 2.24) is 10.2 Å². The van der Waals surface area contributed by atoms with E-state index in [1.165, 1.54) is 12.5 Å². The number of likely N-dealkylation sites (tertiary alicyclic amines) is 1. The fourth-order valence-corrected chi connectivity index (χ4v) is 2.85. The van der Waals surface area contributed by atoms with Crippen LogP contribution in [0, 0.1) is 0 Å². The van der Waals surface area contributed by atoms with Gasteiger partial charge in [-0.05, 0) is 31.0 Å². The van der Waals surface area contributed by atoms with Crippen LogP contribution in [0.5, 0.6) is 5.75 Å². The quantitative estimate of drug-likeness (QED) is 0.894. The number of methoxy groups -OCH3 is 1. The minimum atomic E-state index is -0.257. The number of carbonyl (C=O) groups is 2. The molecule has 7 heteroatoms. The Morgan fingerprint density at radius 2 is 2.04 bits per heavy atom. The average molecular weight is 343 g/mol. The van der Waals surface area contributed by atoms with E-state index < -0.39 is 0 Å². The van der Waals surface area contributed by atoms with Crippen LogP contribution in [-0.4, -0.2) is 43.1 Å². The molecule has 3 rings (SSSR count). The van der Waals surface area contributed by atoms with Crippen molar-refractivity contribution in [2.75, 3.05) is 25.5 Å². The zero-order valence-corrected chi connectivity index (χ0v) is 14.0. The number of nitrogens with one attached hydrogen (secondary N) is 2. The molecule has 0 spiro atoms. The molecule has 1 fully saturated rings. The van der Waals surface area contributed by atoms with E-state index >= 15 is 0 Å². The normalized spacial score (nSPS) is 14.8. The van der Waals surface area contributed by atoms with Crippen LogP contribution in [0.3, 0.4) is 0 Å². The highest BCUT2D eigenvalue weighted by molar-refractivity contribution is 5.94. The van der Waals surface area contributed by atoms with Gasteiger partial charge in [0.05, 0.1) is 18.9 Å². The molecule has 0 bridgehead atoms. The summed E-state index contributed by atoms with van der Waals surface area (Å²) >= 11 is 0. The van der Waals surface area contributed by atoms with Crippen molar-refractivity contribution in [3.05, 3.63) is 48.4 Å². The molecule has 2 aromatic rings. The Balaban J connectivity index is 1.47. The van der Waals surface area contributed by atoms with Gasteiger partial charge in [-0.2, -0.15) is 0 Å². The minimum absolute atomic E-state index is 0.0342. The van der Waals surface area contributed by atoms with Crippen LogP contribution in [0.15, 0.2) is 47.3 Å². The Bertz CT molecular complexity index is 722. The lowest BCUT2D eigenvalue weighted by Crippen LogP contribution is -2.47. The van der Waals surface area contributed by atoms with Gasteiger partial charge < -0.3 is 24.7 Å².